The van der Waals surface area contributed by atoms with Gasteiger partial charge in [-0.2, -0.15) is 4.98 Å². The maximum absolute atomic E-state index is 10.8. The molecule has 0 radical (unpaired) electrons. The molecule has 6 heteroatoms. The first-order valence-electron chi connectivity index (χ1n) is 5.78. The van der Waals surface area contributed by atoms with Gasteiger partial charge in [-0.3, -0.25) is 0 Å². The summed E-state index contributed by atoms with van der Waals surface area (Å²) in [6.07, 6.45) is 1.10. The van der Waals surface area contributed by atoms with E-state index in [-0.39, 0.29) is 11.7 Å². The molecule has 100 valence electrons. The average molecular weight is 333 g/mol. The highest BCUT2D eigenvalue weighted by molar-refractivity contribution is 9.10. The predicted octanol–water partition coefficient (Wildman–Crippen LogP) is 4.03. The first-order chi connectivity index (χ1) is 9.65. The highest BCUT2D eigenvalue weighted by Gasteiger charge is 2.11. The zero-order chi connectivity index (χ0) is 14.1. The van der Waals surface area contributed by atoms with Gasteiger partial charge in [0.2, 0.25) is 0 Å². The van der Waals surface area contributed by atoms with E-state index in [1.165, 1.54) is 0 Å². The van der Waals surface area contributed by atoms with Crippen molar-refractivity contribution in [1.82, 2.24) is 4.98 Å². The van der Waals surface area contributed by atoms with Gasteiger partial charge in [-0.15, -0.1) is 0 Å². The number of hydrogen-bond acceptors (Lipinski definition) is 4. The lowest BCUT2D eigenvalue weighted by Gasteiger charge is -2.08. The molecular formula is C14H9BrN2O3. The smallest absolute Gasteiger partial charge is 0.357 e. The minimum atomic E-state index is -1.12. The van der Waals surface area contributed by atoms with Crippen molar-refractivity contribution in [2.45, 2.75) is 0 Å². The number of oxazole rings is 1. The summed E-state index contributed by atoms with van der Waals surface area (Å²) in [7, 11) is 0. The number of rotatable bonds is 3. The van der Waals surface area contributed by atoms with Gasteiger partial charge < -0.3 is 14.8 Å². The number of carbonyl (C=O) groups is 1. The van der Waals surface area contributed by atoms with E-state index in [9.17, 15) is 4.79 Å². The van der Waals surface area contributed by atoms with Crippen LogP contribution in [0.1, 0.15) is 10.5 Å². The van der Waals surface area contributed by atoms with Crippen LogP contribution in [0.2, 0.25) is 0 Å². The number of nitrogens with one attached hydrogen (secondary N) is 1. The van der Waals surface area contributed by atoms with E-state index in [0.29, 0.717) is 0 Å². The minimum absolute atomic E-state index is 0.131. The van der Waals surface area contributed by atoms with Gasteiger partial charge in [0.1, 0.15) is 6.26 Å². The van der Waals surface area contributed by atoms with E-state index >= 15 is 0 Å². The number of aromatic carboxylic acids is 1. The van der Waals surface area contributed by atoms with Crippen LogP contribution in [-0.2, 0) is 0 Å². The van der Waals surface area contributed by atoms with Gasteiger partial charge in [-0.1, -0.05) is 40.2 Å². The van der Waals surface area contributed by atoms with Crippen molar-refractivity contribution in [3.8, 4) is 0 Å². The van der Waals surface area contributed by atoms with Crippen LogP contribution >= 0.6 is 15.9 Å². The second kappa shape index (κ2) is 4.97. The molecule has 0 amide bonds. The second-order valence-electron chi connectivity index (χ2n) is 4.11. The summed E-state index contributed by atoms with van der Waals surface area (Å²) >= 11 is 3.50. The van der Waals surface area contributed by atoms with Crippen LogP contribution < -0.4 is 5.32 Å². The number of aromatic nitrogens is 1. The van der Waals surface area contributed by atoms with Gasteiger partial charge in [0.15, 0.2) is 5.69 Å². The minimum Gasteiger partial charge on any atom is -0.476 e. The zero-order valence-corrected chi connectivity index (χ0v) is 11.7. The standard InChI is InChI=1S/C14H9BrN2O3/c15-10-5-6-11(9-4-2-1-3-8(9)10)16-14-17-12(7-20-14)13(18)19/h1-7H,(H,16,17)(H,18,19). The van der Waals surface area contributed by atoms with E-state index in [1.807, 2.05) is 36.4 Å². The summed E-state index contributed by atoms with van der Waals surface area (Å²) in [6.45, 7) is 0. The Balaban J connectivity index is 2.02. The molecular weight excluding hydrogens is 324 g/mol. The Morgan fingerprint density at radius 1 is 1.20 bits per heavy atom. The van der Waals surface area contributed by atoms with Crippen LogP contribution in [0.3, 0.4) is 0 Å². The van der Waals surface area contributed by atoms with E-state index < -0.39 is 5.97 Å². The number of benzene rings is 2. The average Bonchev–Trinajstić information content (AvgIpc) is 2.91. The first kappa shape index (κ1) is 12.7. The topological polar surface area (TPSA) is 75.4 Å². The van der Waals surface area contributed by atoms with E-state index in [4.69, 9.17) is 9.52 Å². The number of halogens is 1. The van der Waals surface area contributed by atoms with Crippen LogP contribution in [-0.4, -0.2) is 16.1 Å². The molecule has 0 bridgehead atoms. The molecule has 3 rings (SSSR count). The van der Waals surface area contributed by atoms with Crippen LogP contribution in [0.15, 0.2) is 51.6 Å². The van der Waals surface area contributed by atoms with Crippen LogP contribution in [0.25, 0.3) is 10.8 Å². The summed E-state index contributed by atoms with van der Waals surface area (Å²) < 4.78 is 6.08. The quantitative estimate of drug-likeness (QED) is 0.757. The molecule has 0 unspecified atom stereocenters. The molecule has 2 aromatic carbocycles. The molecule has 5 nitrogen and oxygen atoms in total. The van der Waals surface area contributed by atoms with Gasteiger partial charge >= 0.3 is 5.97 Å². The SMILES string of the molecule is O=C(O)c1coc(Nc2ccc(Br)c3ccccc23)n1. The fourth-order valence-corrected chi connectivity index (χ4v) is 2.39. The van der Waals surface area contributed by atoms with Crippen molar-refractivity contribution in [1.29, 1.82) is 0 Å². The maximum Gasteiger partial charge on any atom is 0.357 e. The van der Waals surface area contributed by atoms with Gasteiger partial charge in [-0.05, 0) is 17.5 Å². The van der Waals surface area contributed by atoms with Gasteiger partial charge in [-0.25, -0.2) is 4.79 Å². The Bertz CT molecular complexity index is 798. The van der Waals surface area contributed by atoms with Crippen molar-refractivity contribution in [2.24, 2.45) is 0 Å². The Morgan fingerprint density at radius 2 is 1.95 bits per heavy atom. The molecule has 0 atom stereocenters. The second-order valence-corrected chi connectivity index (χ2v) is 4.96. The van der Waals surface area contributed by atoms with Crippen molar-refractivity contribution in [3.05, 3.63) is 52.8 Å². The molecule has 3 aromatic rings. The summed E-state index contributed by atoms with van der Waals surface area (Å²) in [5.74, 6) is -1.12. The third kappa shape index (κ3) is 2.25. The maximum atomic E-state index is 10.8. The lowest BCUT2D eigenvalue weighted by molar-refractivity contribution is 0.0690. The molecule has 0 aliphatic carbocycles. The number of hydrogen-bond donors (Lipinski definition) is 2. The van der Waals surface area contributed by atoms with Gasteiger partial charge in [0, 0.05) is 9.86 Å². The Hall–Kier alpha value is -2.34. The van der Waals surface area contributed by atoms with Crippen LogP contribution in [0.5, 0.6) is 0 Å². The molecule has 0 fully saturated rings. The zero-order valence-electron chi connectivity index (χ0n) is 10.1. The number of carboxylic acids is 1. The summed E-state index contributed by atoms with van der Waals surface area (Å²) in [6, 6.07) is 11.8. The number of anilines is 2. The highest BCUT2D eigenvalue weighted by Crippen LogP contribution is 2.31. The fraction of sp³-hybridized carbons (Fsp3) is 0. The van der Waals surface area contributed by atoms with Crippen molar-refractivity contribution >= 4 is 44.4 Å². The Kier molecular flexibility index (Phi) is 3.15. The first-order valence-corrected chi connectivity index (χ1v) is 6.57. The third-order valence-electron chi connectivity index (χ3n) is 2.84. The van der Waals surface area contributed by atoms with Crippen LogP contribution in [0, 0.1) is 0 Å². The van der Waals surface area contributed by atoms with Crippen molar-refractivity contribution < 1.29 is 14.3 Å². The number of carboxylic acid groups (broad SMARTS) is 1. The van der Waals surface area contributed by atoms with Crippen molar-refractivity contribution in [3.63, 3.8) is 0 Å². The number of nitrogens with zero attached hydrogens (tertiary/aromatic N) is 1. The highest BCUT2D eigenvalue weighted by atomic mass is 79.9. The lowest BCUT2D eigenvalue weighted by atomic mass is 10.1. The largest absolute Gasteiger partial charge is 0.476 e. The summed E-state index contributed by atoms with van der Waals surface area (Å²) in [5.41, 5.74) is 0.663. The monoisotopic (exact) mass is 332 g/mol. The molecule has 1 aromatic heterocycles. The number of fused-ring (bicyclic) bond motifs is 1. The van der Waals surface area contributed by atoms with Gasteiger partial charge in [0.05, 0.1) is 5.69 Å². The fourth-order valence-electron chi connectivity index (χ4n) is 1.92. The molecule has 1 heterocycles. The summed E-state index contributed by atoms with van der Waals surface area (Å²) in [5, 5.41) is 13.8. The Morgan fingerprint density at radius 3 is 2.65 bits per heavy atom. The van der Waals surface area contributed by atoms with E-state index in [1.54, 1.807) is 0 Å². The molecule has 0 saturated carbocycles. The Labute approximate surface area is 122 Å². The normalized spacial score (nSPS) is 10.7. The van der Waals surface area contributed by atoms with Crippen LogP contribution in [0.4, 0.5) is 11.7 Å². The van der Waals surface area contributed by atoms with E-state index in [2.05, 4.69) is 26.2 Å². The molecule has 0 aliphatic rings. The molecule has 2 N–H and O–H groups in total. The molecule has 20 heavy (non-hydrogen) atoms. The molecule has 0 saturated heterocycles. The van der Waals surface area contributed by atoms with Gasteiger partial charge in [0.25, 0.3) is 6.01 Å². The third-order valence-corrected chi connectivity index (χ3v) is 3.53. The lowest BCUT2D eigenvalue weighted by Crippen LogP contribution is -1.97. The van der Waals surface area contributed by atoms with E-state index in [0.717, 1.165) is 27.2 Å². The summed E-state index contributed by atoms with van der Waals surface area (Å²) in [4.78, 5) is 14.6. The predicted molar refractivity (Wildman–Crippen MR) is 78.4 cm³/mol. The van der Waals surface area contributed by atoms with Crippen molar-refractivity contribution in [2.75, 3.05) is 5.32 Å². The molecule has 0 spiro atoms. The molecule has 0 aliphatic heterocycles.